The summed E-state index contributed by atoms with van der Waals surface area (Å²) in [5, 5.41) is 8.99. The highest BCUT2D eigenvalue weighted by Crippen LogP contribution is 2.48. The Balaban J connectivity index is 2.74. The highest BCUT2D eigenvalue weighted by Gasteiger charge is 2.43. The number of hydrogen-bond donors (Lipinski definition) is 2. The zero-order valence-electron chi connectivity index (χ0n) is 9.83. The van der Waals surface area contributed by atoms with Crippen molar-refractivity contribution in [2.24, 2.45) is 17.1 Å². The second kappa shape index (κ2) is 4.97. The van der Waals surface area contributed by atoms with Gasteiger partial charge in [-0.2, -0.15) is 0 Å². The number of rotatable bonds is 5. The van der Waals surface area contributed by atoms with Crippen molar-refractivity contribution < 1.29 is 9.90 Å². The summed E-state index contributed by atoms with van der Waals surface area (Å²) in [4.78, 5) is 10.9. The molecule has 0 aromatic carbocycles. The van der Waals surface area contributed by atoms with Crippen LogP contribution in [0.25, 0.3) is 0 Å². The molecule has 0 saturated heterocycles. The van der Waals surface area contributed by atoms with E-state index in [-0.39, 0.29) is 17.9 Å². The fourth-order valence-corrected chi connectivity index (χ4v) is 2.98. The SMILES string of the molecule is CCC1CCC(CC(=O)O)(C(N)CC)C1. The molecular formula is C12H23NO2. The van der Waals surface area contributed by atoms with Crippen molar-refractivity contribution in [3.05, 3.63) is 0 Å². The van der Waals surface area contributed by atoms with Crippen molar-refractivity contribution >= 4 is 5.97 Å². The summed E-state index contributed by atoms with van der Waals surface area (Å²) in [6.45, 7) is 4.23. The molecule has 3 heteroatoms. The summed E-state index contributed by atoms with van der Waals surface area (Å²) in [5.74, 6) is -0.0161. The van der Waals surface area contributed by atoms with E-state index in [9.17, 15) is 4.79 Å². The monoisotopic (exact) mass is 213 g/mol. The maximum Gasteiger partial charge on any atom is 0.303 e. The number of carboxylic acids is 1. The van der Waals surface area contributed by atoms with Gasteiger partial charge in [-0.05, 0) is 37.0 Å². The third-order valence-corrected chi connectivity index (χ3v) is 4.05. The molecule has 0 radical (unpaired) electrons. The van der Waals surface area contributed by atoms with Crippen LogP contribution in [0.5, 0.6) is 0 Å². The summed E-state index contributed by atoms with van der Waals surface area (Å²) >= 11 is 0. The molecule has 0 aromatic heterocycles. The van der Waals surface area contributed by atoms with Gasteiger partial charge in [0.2, 0.25) is 0 Å². The van der Waals surface area contributed by atoms with E-state index in [2.05, 4.69) is 6.92 Å². The fourth-order valence-electron chi connectivity index (χ4n) is 2.98. The molecule has 0 aromatic rings. The molecule has 1 fully saturated rings. The molecule has 1 rings (SSSR count). The van der Waals surface area contributed by atoms with Gasteiger partial charge in [-0.3, -0.25) is 4.79 Å². The van der Waals surface area contributed by atoms with E-state index in [4.69, 9.17) is 10.8 Å². The third-order valence-electron chi connectivity index (χ3n) is 4.05. The van der Waals surface area contributed by atoms with Crippen molar-refractivity contribution in [2.75, 3.05) is 0 Å². The van der Waals surface area contributed by atoms with E-state index in [1.165, 1.54) is 0 Å². The first-order valence-electron chi connectivity index (χ1n) is 6.01. The molecule has 0 spiro atoms. The minimum Gasteiger partial charge on any atom is -0.481 e. The number of carbonyl (C=O) groups is 1. The fraction of sp³-hybridized carbons (Fsp3) is 0.917. The van der Waals surface area contributed by atoms with Crippen molar-refractivity contribution in [3.8, 4) is 0 Å². The lowest BCUT2D eigenvalue weighted by Crippen LogP contribution is -2.41. The summed E-state index contributed by atoms with van der Waals surface area (Å²) in [6.07, 6.45) is 5.43. The van der Waals surface area contributed by atoms with Crippen LogP contribution >= 0.6 is 0 Å². The van der Waals surface area contributed by atoms with Crippen LogP contribution in [0.4, 0.5) is 0 Å². The molecule has 3 unspecified atom stereocenters. The van der Waals surface area contributed by atoms with Crippen molar-refractivity contribution in [1.82, 2.24) is 0 Å². The van der Waals surface area contributed by atoms with Gasteiger partial charge >= 0.3 is 5.97 Å². The summed E-state index contributed by atoms with van der Waals surface area (Å²) < 4.78 is 0. The van der Waals surface area contributed by atoms with Crippen molar-refractivity contribution in [3.63, 3.8) is 0 Å². The molecule has 15 heavy (non-hydrogen) atoms. The molecule has 1 aliphatic carbocycles. The van der Waals surface area contributed by atoms with Crippen LogP contribution in [0, 0.1) is 11.3 Å². The largest absolute Gasteiger partial charge is 0.481 e. The first-order chi connectivity index (χ1) is 7.04. The average molecular weight is 213 g/mol. The second-order valence-corrected chi connectivity index (χ2v) is 4.96. The molecule has 3 atom stereocenters. The molecule has 3 nitrogen and oxygen atoms in total. The topological polar surface area (TPSA) is 63.3 Å². The molecule has 0 heterocycles. The van der Waals surface area contributed by atoms with Crippen LogP contribution in [-0.2, 0) is 4.79 Å². The Kier molecular flexibility index (Phi) is 4.14. The Morgan fingerprint density at radius 2 is 2.27 bits per heavy atom. The highest BCUT2D eigenvalue weighted by atomic mass is 16.4. The van der Waals surface area contributed by atoms with E-state index in [1.807, 2.05) is 6.92 Å². The molecule has 3 N–H and O–H groups in total. The van der Waals surface area contributed by atoms with E-state index in [1.54, 1.807) is 0 Å². The molecule has 1 saturated carbocycles. The lowest BCUT2D eigenvalue weighted by atomic mass is 9.74. The van der Waals surface area contributed by atoms with Gasteiger partial charge in [0.1, 0.15) is 0 Å². The second-order valence-electron chi connectivity index (χ2n) is 4.96. The summed E-state index contributed by atoms with van der Waals surface area (Å²) in [6, 6.07) is 0.0464. The van der Waals surface area contributed by atoms with Gasteiger partial charge in [0.15, 0.2) is 0 Å². The zero-order chi connectivity index (χ0) is 11.5. The summed E-state index contributed by atoms with van der Waals surface area (Å²) in [5.41, 5.74) is 5.99. The van der Waals surface area contributed by atoms with E-state index in [0.717, 1.165) is 32.1 Å². The molecule has 0 aliphatic heterocycles. The Morgan fingerprint density at radius 3 is 2.67 bits per heavy atom. The van der Waals surface area contributed by atoms with Gasteiger partial charge in [-0.25, -0.2) is 0 Å². The normalized spacial score (nSPS) is 32.9. The van der Waals surface area contributed by atoms with Gasteiger partial charge in [-0.15, -0.1) is 0 Å². The van der Waals surface area contributed by atoms with Crippen LogP contribution in [0.3, 0.4) is 0 Å². The lowest BCUT2D eigenvalue weighted by molar-refractivity contribution is -0.140. The third kappa shape index (κ3) is 2.71. The van der Waals surface area contributed by atoms with Crippen LogP contribution < -0.4 is 5.73 Å². The minimum absolute atomic E-state index is 0.0464. The van der Waals surface area contributed by atoms with E-state index >= 15 is 0 Å². The maximum absolute atomic E-state index is 10.9. The molecule has 88 valence electrons. The Morgan fingerprint density at radius 1 is 1.60 bits per heavy atom. The number of nitrogens with two attached hydrogens (primary N) is 1. The lowest BCUT2D eigenvalue weighted by Gasteiger charge is -2.33. The van der Waals surface area contributed by atoms with E-state index < -0.39 is 5.97 Å². The predicted octanol–water partition coefficient (Wildman–Crippen LogP) is 2.39. The first kappa shape index (κ1) is 12.5. The van der Waals surface area contributed by atoms with Crippen LogP contribution in [-0.4, -0.2) is 17.1 Å². The van der Waals surface area contributed by atoms with E-state index in [0.29, 0.717) is 5.92 Å². The van der Waals surface area contributed by atoms with Crippen LogP contribution in [0.15, 0.2) is 0 Å². The molecule has 0 amide bonds. The number of hydrogen-bond acceptors (Lipinski definition) is 2. The first-order valence-corrected chi connectivity index (χ1v) is 6.01. The Hall–Kier alpha value is -0.570. The van der Waals surface area contributed by atoms with Gasteiger partial charge in [-0.1, -0.05) is 20.3 Å². The number of carboxylic acid groups (broad SMARTS) is 1. The summed E-state index contributed by atoms with van der Waals surface area (Å²) in [7, 11) is 0. The maximum atomic E-state index is 10.9. The Labute approximate surface area is 92.0 Å². The quantitative estimate of drug-likeness (QED) is 0.737. The minimum atomic E-state index is -0.698. The van der Waals surface area contributed by atoms with Gasteiger partial charge in [0.05, 0.1) is 6.42 Å². The molecule has 1 aliphatic rings. The van der Waals surface area contributed by atoms with Gasteiger partial charge in [0.25, 0.3) is 0 Å². The van der Waals surface area contributed by atoms with Gasteiger partial charge < -0.3 is 10.8 Å². The zero-order valence-corrected chi connectivity index (χ0v) is 9.83. The van der Waals surface area contributed by atoms with Crippen LogP contribution in [0.1, 0.15) is 52.4 Å². The average Bonchev–Trinajstić information content (AvgIpc) is 2.60. The number of aliphatic carboxylic acids is 1. The highest BCUT2D eigenvalue weighted by molar-refractivity contribution is 5.68. The predicted molar refractivity (Wildman–Crippen MR) is 60.6 cm³/mol. The molecular weight excluding hydrogens is 190 g/mol. The standard InChI is InChI=1S/C12H23NO2/c1-3-9-5-6-12(7-9,8-11(14)15)10(13)4-2/h9-10H,3-8,13H2,1-2H3,(H,14,15). The van der Waals surface area contributed by atoms with Crippen LogP contribution in [0.2, 0.25) is 0 Å². The molecule has 0 bridgehead atoms. The smallest absolute Gasteiger partial charge is 0.303 e. The van der Waals surface area contributed by atoms with Gasteiger partial charge in [0, 0.05) is 6.04 Å². The van der Waals surface area contributed by atoms with Crippen molar-refractivity contribution in [1.29, 1.82) is 0 Å². The Bertz CT molecular complexity index is 230. The van der Waals surface area contributed by atoms with Crippen molar-refractivity contribution in [2.45, 2.75) is 58.4 Å².